The highest BCUT2D eigenvalue weighted by Gasteiger charge is 2.08. The summed E-state index contributed by atoms with van der Waals surface area (Å²) in [5, 5.41) is 0. The van der Waals surface area contributed by atoms with Gasteiger partial charge < -0.3 is 0 Å². The van der Waals surface area contributed by atoms with Gasteiger partial charge in [-0.25, -0.2) is 8.42 Å². The highest BCUT2D eigenvalue weighted by molar-refractivity contribution is 7.92. The van der Waals surface area contributed by atoms with Gasteiger partial charge in [0.2, 0.25) is 10.0 Å². The Morgan fingerprint density at radius 2 is 2.13 bits per heavy atom. The second-order valence-electron chi connectivity index (χ2n) is 3.46. The summed E-state index contributed by atoms with van der Waals surface area (Å²) in [6.07, 6.45) is 3.07. The second kappa shape index (κ2) is 5.11. The maximum Gasteiger partial charge on any atom is 0.232 e. The number of rotatable bonds is 5. The topological polar surface area (TPSA) is 59.1 Å². The molecule has 1 heterocycles. The van der Waals surface area contributed by atoms with E-state index >= 15 is 0 Å². The first-order chi connectivity index (χ1) is 7.03. The average molecular weight is 228 g/mol. The Balaban J connectivity index is 2.65. The van der Waals surface area contributed by atoms with Gasteiger partial charge in [-0.3, -0.25) is 9.71 Å². The van der Waals surface area contributed by atoms with Crippen LogP contribution >= 0.6 is 0 Å². The third-order valence-corrected chi connectivity index (χ3v) is 3.32. The molecule has 0 atom stereocenters. The average Bonchev–Trinajstić information content (AvgIpc) is 2.18. The van der Waals surface area contributed by atoms with E-state index in [2.05, 4.69) is 9.71 Å². The largest absolute Gasteiger partial charge is 0.282 e. The molecule has 1 rings (SSSR count). The first-order valence-electron chi connectivity index (χ1n) is 4.96. The number of anilines is 1. The van der Waals surface area contributed by atoms with Gasteiger partial charge >= 0.3 is 0 Å². The first kappa shape index (κ1) is 12.0. The van der Waals surface area contributed by atoms with E-state index in [0.29, 0.717) is 12.1 Å². The third kappa shape index (κ3) is 4.29. The molecule has 0 aliphatic carbocycles. The summed E-state index contributed by atoms with van der Waals surface area (Å²) >= 11 is 0. The maximum atomic E-state index is 11.5. The van der Waals surface area contributed by atoms with Gasteiger partial charge in [0.1, 0.15) is 0 Å². The van der Waals surface area contributed by atoms with Crippen molar-refractivity contribution in [3.63, 3.8) is 0 Å². The van der Waals surface area contributed by atoms with E-state index in [4.69, 9.17) is 0 Å². The van der Waals surface area contributed by atoms with Crippen LogP contribution in [0.15, 0.2) is 18.3 Å². The predicted octanol–water partition coefficient (Wildman–Crippen LogP) is 1.93. The molecule has 0 aliphatic rings. The zero-order valence-corrected chi connectivity index (χ0v) is 9.84. The van der Waals surface area contributed by atoms with Gasteiger partial charge in [-0.05, 0) is 25.5 Å². The number of nitrogens with zero attached hydrogens (tertiary/aromatic N) is 1. The van der Waals surface area contributed by atoms with Crippen LogP contribution in [-0.2, 0) is 10.0 Å². The molecular formula is C10H16N2O2S. The van der Waals surface area contributed by atoms with Crippen molar-refractivity contribution in [3.05, 3.63) is 24.0 Å². The molecule has 84 valence electrons. The third-order valence-electron chi connectivity index (χ3n) is 1.95. The number of hydrogen-bond acceptors (Lipinski definition) is 3. The quantitative estimate of drug-likeness (QED) is 0.837. The van der Waals surface area contributed by atoms with Gasteiger partial charge in [0.25, 0.3) is 0 Å². The van der Waals surface area contributed by atoms with Crippen molar-refractivity contribution in [2.75, 3.05) is 10.5 Å². The number of nitrogens with one attached hydrogen (secondary N) is 1. The van der Waals surface area contributed by atoms with Crippen molar-refractivity contribution < 1.29 is 8.42 Å². The van der Waals surface area contributed by atoms with Crippen LogP contribution in [0.5, 0.6) is 0 Å². The van der Waals surface area contributed by atoms with Crippen molar-refractivity contribution >= 4 is 15.7 Å². The molecule has 4 nitrogen and oxygen atoms in total. The number of aromatic nitrogens is 1. The molecule has 1 N–H and O–H groups in total. The second-order valence-corrected chi connectivity index (χ2v) is 5.30. The predicted molar refractivity (Wildman–Crippen MR) is 61.3 cm³/mol. The van der Waals surface area contributed by atoms with Crippen molar-refractivity contribution in [2.24, 2.45) is 0 Å². The van der Waals surface area contributed by atoms with E-state index in [9.17, 15) is 8.42 Å². The van der Waals surface area contributed by atoms with Crippen LogP contribution < -0.4 is 4.72 Å². The minimum absolute atomic E-state index is 0.164. The van der Waals surface area contributed by atoms with Crippen LogP contribution in [0.4, 0.5) is 5.69 Å². The van der Waals surface area contributed by atoms with E-state index in [1.807, 2.05) is 13.8 Å². The van der Waals surface area contributed by atoms with Gasteiger partial charge in [-0.2, -0.15) is 0 Å². The lowest BCUT2D eigenvalue weighted by atomic mass is 10.4. The molecule has 5 heteroatoms. The van der Waals surface area contributed by atoms with Crippen molar-refractivity contribution in [3.8, 4) is 0 Å². The fraction of sp³-hybridized carbons (Fsp3) is 0.500. The van der Waals surface area contributed by atoms with E-state index in [1.54, 1.807) is 12.1 Å². The molecule has 0 amide bonds. The minimum atomic E-state index is -3.20. The lowest BCUT2D eigenvalue weighted by Crippen LogP contribution is -2.16. The van der Waals surface area contributed by atoms with Gasteiger partial charge in [0.15, 0.2) is 0 Å². The minimum Gasteiger partial charge on any atom is -0.282 e. The summed E-state index contributed by atoms with van der Waals surface area (Å²) in [6, 6.07) is 3.49. The molecule has 0 saturated heterocycles. The lowest BCUT2D eigenvalue weighted by molar-refractivity contribution is 0.598. The van der Waals surface area contributed by atoms with Crippen molar-refractivity contribution in [1.29, 1.82) is 0 Å². The number of sulfonamides is 1. The Hall–Kier alpha value is -1.10. The van der Waals surface area contributed by atoms with Crippen molar-refractivity contribution in [2.45, 2.75) is 26.7 Å². The lowest BCUT2D eigenvalue weighted by Gasteiger charge is -2.06. The molecule has 0 aromatic carbocycles. The molecule has 0 bridgehead atoms. The first-order valence-corrected chi connectivity index (χ1v) is 6.62. The molecule has 0 unspecified atom stereocenters. The number of hydrogen-bond donors (Lipinski definition) is 1. The van der Waals surface area contributed by atoms with E-state index in [1.165, 1.54) is 6.20 Å². The molecule has 1 aromatic heterocycles. The van der Waals surface area contributed by atoms with Crippen LogP contribution in [0, 0.1) is 6.92 Å². The van der Waals surface area contributed by atoms with Crippen LogP contribution in [0.3, 0.4) is 0 Å². The summed E-state index contributed by atoms with van der Waals surface area (Å²) in [4.78, 5) is 4.02. The monoisotopic (exact) mass is 228 g/mol. The summed E-state index contributed by atoms with van der Waals surface area (Å²) in [5.41, 5.74) is 1.39. The molecule has 0 saturated carbocycles. The molecule has 0 aliphatic heterocycles. The highest BCUT2D eigenvalue weighted by Crippen LogP contribution is 2.08. The van der Waals surface area contributed by atoms with Gasteiger partial charge in [-0.1, -0.05) is 13.3 Å². The fourth-order valence-electron chi connectivity index (χ4n) is 1.09. The van der Waals surface area contributed by atoms with Gasteiger partial charge in [-0.15, -0.1) is 0 Å². The van der Waals surface area contributed by atoms with Crippen molar-refractivity contribution in [1.82, 2.24) is 4.98 Å². The Morgan fingerprint density at radius 1 is 1.40 bits per heavy atom. The normalized spacial score (nSPS) is 11.3. The van der Waals surface area contributed by atoms with Gasteiger partial charge in [0, 0.05) is 5.69 Å². The zero-order valence-electron chi connectivity index (χ0n) is 9.03. The molecule has 15 heavy (non-hydrogen) atoms. The molecule has 1 aromatic rings. The smallest absolute Gasteiger partial charge is 0.232 e. The fourth-order valence-corrected chi connectivity index (χ4v) is 2.34. The van der Waals surface area contributed by atoms with Crippen LogP contribution in [0.1, 0.15) is 25.5 Å². The Labute approximate surface area is 90.8 Å². The van der Waals surface area contributed by atoms with Gasteiger partial charge in [0.05, 0.1) is 17.6 Å². The van der Waals surface area contributed by atoms with E-state index < -0.39 is 10.0 Å². The van der Waals surface area contributed by atoms with Crippen LogP contribution in [0.25, 0.3) is 0 Å². The Kier molecular flexibility index (Phi) is 4.08. The summed E-state index contributed by atoms with van der Waals surface area (Å²) in [5.74, 6) is 0.164. The van der Waals surface area contributed by atoms with Crippen LogP contribution in [-0.4, -0.2) is 19.2 Å². The van der Waals surface area contributed by atoms with E-state index in [0.717, 1.165) is 12.1 Å². The summed E-state index contributed by atoms with van der Waals surface area (Å²) in [7, 11) is -3.20. The summed E-state index contributed by atoms with van der Waals surface area (Å²) < 4.78 is 25.5. The SMILES string of the molecule is CCCCS(=O)(=O)Nc1ccc(C)nc1. The molecule has 0 fully saturated rings. The summed E-state index contributed by atoms with van der Waals surface area (Å²) in [6.45, 7) is 3.82. The number of pyridine rings is 1. The number of aryl methyl sites for hydroxylation is 1. The molecular weight excluding hydrogens is 212 g/mol. The number of unbranched alkanes of at least 4 members (excludes halogenated alkanes) is 1. The molecule has 0 spiro atoms. The highest BCUT2D eigenvalue weighted by atomic mass is 32.2. The standard InChI is InChI=1S/C10H16N2O2S/c1-3-4-7-15(13,14)12-10-6-5-9(2)11-8-10/h5-6,8,12H,3-4,7H2,1-2H3. The Morgan fingerprint density at radius 3 is 2.67 bits per heavy atom. The van der Waals surface area contributed by atoms with E-state index in [-0.39, 0.29) is 5.75 Å². The molecule has 0 radical (unpaired) electrons. The zero-order chi connectivity index (χ0) is 11.3. The van der Waals surface area contributed by atoms with Crippen LogP contribution in [0.2, 0.25) is 0 Å². The maximum absolute atomic E-state index is 11.5. The Bertz CT molecular complexity index is 398.